The molecule has 1 unspecified atom stereocenters. The molecule has 1 rings (SSSR count). The Morgan fingerprint density at radius 2 is 1.77 bits per heavy atom. The predicted octanol–water partition coefficient (Wildman–Crippen LogP) is 2.14. The Labute approximate surface area is 85.7 Å². The summed E-state index contributed by atoms with van der Waals surface area (Å²) in [5, 5.41) is 0. The van der Waals surface area contributed by atoms with E-state index in [1.54, 1.807) is 30.3 Å². The molecule has 0 saturated carbocycles. The van der Waals surface area contributed by atoms with Crippen LogP contribution in [-0.2, 0) is 13.8 Å². The minimum Gasteiger partial charge on any atom is -0.284 e. The van der Waals surface area contributed by atoms with E-state index in [9.17, 15) is 8.42 Å². The van der Waals surface area contributed by atoms with Crippen molar-refractivity contribution in [1.29, 1.82) is 0 Å². The van der Waals surface area contributed by atoms with Gasteiger partial charge in [0, 0.05) is 0 Å². The summed E-state index contributed by atoms with van der Waals surface area (Å²) >= 11 is 2.97. The quantitative estimate of drug-likeness (QED) is 0.658. The van der Waals surface area contributed by atoms with Crippen molar-refractivity contribution in [3.63, 3.8) is 0 Å². The lowest BCUT2D eigenvalue weighted by Gasteiger charge is -2.18. The highest BCUT2D eigenvalue weighted by molar-refractivity contribution is 9.11. The van der Waals surface area contributed by atoms with Gasteiger partial charge in [0.05, 0.1) is 0 Å². The van der Waals surface area contributed by atoms with Gasteiger partial charge < -0.3 is 0 Å². The summed E-state index contributed by atoms with van der Waals surface area (Å²) in [7, 11) is -4.14. The van der Waals surface area contributed by atoms with Gasteiger partial charge in [0.25, 0.3) is 10.1 Å². The van der Waals surface area contributed by atoms with Crippen LogP contribution < -0.4 is 0 Å². The van der Waals surface area contributed by atoms with E-state index in [0.29, 0.717) is 5.56 Å². The van der Waals surface area contributed by atoms with E-state index in [1.807, 2.05) is 0 Å². The molecule has 0 saturated heterocycles. The Morgan fingerprint density at radius 1 is 1.31 bits per heavy atom. The van der Waals surface area contributed by atoms with Crippen molar-refractivity contribution < 1.29 is 13.0 Å². The summed E-state index contributed by atoms with van der Waals surface area (Å²) in [4.78, 5) is 0. The third-order valence-electron chi connectivity index (χ3n) is 1.77. The SMILES string of the molecule is CC(Br)(c1ccccc1)S(=O)(=O)O. The molecule has 0 aromatic heterocycles. The highest BCUT2D eigenvalue weighted by Crippen LogP contribution is 2.35. The Hall–Kier alpha value is -0.390. The van der Waals surface area contributed by atoms with Crippen LogP contribution in [0.2, 0.25) is 0 Å². The molecule has 3 nitrogen and oxygen atoms in total. The second-order valence-electron chi connectivity index (χ2n) is 2.76. The molecule has 0 heterocycles. The fourth-order valence-electron chi connectivity index (χ4n) is 0.885. The maximum absolute atomic E-state index is 11.0. The topological polar surface area (TPSA) is 54.4 Å². The van der Waals surface area contributed by atoms with Crippen LogP contribution in [0, 0.1) is 0 Å². The Bertz CT molecular complexity index is 383. The molecular formula is C8H9BrO3S. The van der Waals surface area contributed by atoms with E-state index < -0.39 is 13.8 Å². The third kappa shape index (κ3) is 2.10. The molecule has 1 atom stereocenters. The molecule has 0 aliphatic heterocycles. The van der Waals surface area contributed by atoms with E-state index >= 15 is 0 Å². The molecule has 0 fully saturated rings. The second kappa shape index (κ2) is 3.40. The van der Waals surface area contributed by atoms with Crippen LogP contribution in [-0.4, -0.2) is 13.0 Å². The number of benzene rings is 1. The van der Waals surface area contributed by atoms with Gasteiger partial charge >= 0.3 is 0 Å². The maximum Gasteiger partial charge on any atom is 0.284 e. The lowest BCUT2D eigenvalue weighted by molar-refractivity contribution is 0.467. The zero-order valence-corrected chi connectivity index (χ0v) is 9.34. The molecule has 0 bridgehead atoms. The van der Waals surface area contributed by atoms with Gasteiger partial charge in [-0.25, -0.2) is 0 Å². The van der Waals surface area contributed by atoms with Crippen LogP contribution >= 0.6 is 15.9 Å². The van der Waals surface area contributed by atoms with Gasteiger partial charge in [-0.1, -0.05) is 46.3 Å². The van der Waals surface area contributed by atoms with E-state index in [1.165, 1.54) is 6.92 Å². The van der Waals surface area contributed by atoms with Crippen molar-refractivity contribution in [2.75, 3.05) is 0 Å². The molecule has 13 heavy (non-hydrogen) atoms. The summed E-state index contributed by atoms with van der Waals surface area (Å²) in [6.07, 6.45) is 0. The van der Waals surface area contributed by atoms with Gasteiger partial charge in [-0.05, 0) is 12.5 Å². The average Bonchev–Trinajstić information content (AvgIpc) is 2.04. The molecule has 72 valence electrons. The molecule has 0 radical (unpaired) electrons. The van der Waals surface area contributed by atoms with Crippen LogP contribution in [0.15, 0.2) is 30.3 Å². The largest absolute Gasteiger partial charge is 0.284 e. The minimum absolute atomic E-state index is 0.498. The van der Waals surface area contributed by atoms with Crippen LogP contribution in [0.3, 0.4) is 0 Å². The highest BCUT2D eigenvalue weighted by atomic mass is 79.9. The number of halogens is 1. The van der Waals surface area contributed by atoms with Gasteiger partial charge in [-0.2, -0.15) is 8.42 Å². The standard InChI is InChI=1S/C8H9BrO3S/c1-8(9,13(10,11)12)7-5-3-2-4-6-7/h2-6H,1H3,(H,10,11,12). The zero-order valence-electron chi connectivity index (χ0n) is 6.94. The Kier molecular flexibility index (Phi) is 2.79. The van der Waals surface area contributed by atoms with Gasteiger partial charge in [-0.3, -0.25) is 4.55 Å². The molecule has 0 aliphatic rings. The van der Waals surface area contributed by atoms with Crippen molar-refractivity contribution in [2.24, 2.45) is 0 Å². The fourth-order valence-corrected chi connectivity index (χ4v) is 1.58. The van der Waals surface area contributed by atoms with E-state index in [-0.39, 0.29) is 0 Å². The van der Waals surface area contributed by atoms with Crippen molar-refractivity contribution in [3.8, 4) is 0 Å². The first-order chi connectivity index (χ1) is 5.86. The number of alkyl halides is 1. The third-order valence-corrected chi connectivity index (χ3v) is 4.66. The van der Waals surface area contributed by atoms with Gasteiger partial charge in [0.15, 0.2) is 3.66 Å². The highest BCUT2D eigenvalue weighted by Gasteiger charge is 2.36. The van der Waals surface area contributed by atoms with Crippen molar-refractivity contribution in [1.82, 2.24) is 0 Å². The molecule has 5 heteroatoms. The second-order valence-corrected chi connectivity index (χ2v) is 6.64. The van der Waals surface area contributed by atoms with Crippen LogP contribution in [0.4, 0.5) is 0 Å². The monoisotopic (exact) mass is 264 g/mol. The average molecular weight is 265 g/mol. The van der Waals surface area contributed by atoms with E-state index in [2.05, 4.69) is 15.9 Å². The van der Waals surface area contributed by atoms with Gasteiger partial charge in [0.1, 0.15) is 0 Å². The molecule has 0 aliphatic carbocycles. The summed E-state index contributed by atoms with van der Waals surface area (Å²) < 4.78 is 29.4. The van der Waals surface area contributed by atoms with Crippen LogP contribution in [0.1, 0.15) is 12.5 Å². The predicted molar refractivity (Wildman–Crippen MR) is 54.3 cm³/mol. The Morgan fingerprint density at radius 3 is 2.15 bits per heavy atom. The van der Waals surface area contributed by atoms with E-state index in [4.69, 9.17) is 4.55 Å². The fraction of sp³-hybridized carbons (Fsp3) is 0.250. The van der Waals surface area contributed by atoms with Gasteiger partial charge in [0.2, 0.25) is 0 Å². The molecule has 1 aromatic carbocycles. The number of hydrogen-bond acceptors (Lipinski definition) is 2. The molecule has 1 aromatic rings. The first-order valence-corrected chi connectivity index (χ1v) is 5.80. The smallest absolute Gasteiger partial charge is 0.284 e. The van der Waals surface area contributed by atoms with Crippen LogP contribution in [0.5, 0.6) is 0 Å². The van der Waals surface area contributed by atoms with Crippen molar-refractivity contribution >= 4 is 26.0 Å². The molecule has 0 amide bonds. The van der Waals surface area contributed by atoms with Crippen LogP contribution in [0.25, 0.3) is 0 Å². The van der Waals surface area contributed by atoms with E-state index in [0.717, 1.165) is 0 Å². The molecular weight excluding hydrogens is 256 g/mol. The number of hydrogen-bond donors (Lipinski definition) is 1. The normalized spacial score (nSPS) is 16.5. The maximum atomic E-state index is 11.0. The lowest BCUT2D eigenvalue weighted by Crippen LogP contribution is -2.24. The van der Waals surface area contributed by atoms with Crippen molar-refractivity contribution in [2.45, 2.75) is 10.6 Å². The number of rotatable bonds is 2. The Balaban J connectivity index is 3.24. The van der Waals surface area contributed by atoms with Gasteiger partial charge in [-0.15, -0.1) is 0 Å². The summed E-state index contributed by atoms with van der Waals surface area (Å²) in [5.41, 5.74) is 0.498. The van der Waals surface area contributed by atoms with Crippen molar-refractivity contribution in [3.05, 3.63) is 35.9 Å². The summed E-state index contributed by atoms with van der Waals surface area (Å²) in [6, 6.07) is 8.45. The summed E-state index contributed by atoms with van der Waals surface area (Å²) in [6.45, 7) is 1.39. The minimum atomic E-state index is -4.14. The first kappa shape index (κ1) is 10.7. The zero-order chi connectivity index (χ0) is 10.1. The molecule has 1 N–H and O–H groups in total. The first-order valence-electron chi connectivity index (χ1n) is 3.57. The molecule has 0 spiro atoms. The summed E-state index contributed by atoms with van der Waals surface area (Å²) in [5.74, 6) is 0. The lowest BCUT2D eigenvalue weighted by atomic mass is 10.2.